The monoisotopic (exact) mass is 254 g/mol. The van der Waals surface area contributed by atoms with E-state index in [-0.39, 0.29) is 0 Å². The van der Waals surface area contributed by atoms with Gasteiger partial charge in [0.15, 0.2) is 0 Å². The Balaban J connectivity index is 1.97. The SMILES string of the molecule is C=C(CC1=C(C)CC(C(=C)C)CC1)C1C=CC=CC1. The molecule has 0 aromatic rings. The molecule has 0 aromatic heterocycles. The van der Waals surface area contributed by atoms with Crippen LogP contribution in [0.4, 0.5) is 0 Å². The molecule has 0 heterocycles. The Morgan fingerprint density at radius 1 is 1.32 bits per heavy atom. The van der Waals surface area contributed by atoms with Crippen molar-refractivity contribution >= 4 is 0 Å². The van der Waals surface area contributed by atoms with Crippen LogP contribution in [-0.4, -0.2) is 0 Å². The predicted molar refractivity (Wildman–Crippen MR) is 85.0 cm³/mol. The molecular formula is C19H26. The number of rotatable bonds is 4. The maximum Gasteiger partial charge on any atom is 0.00150 e. The molecule has 0 saturated carbocycles. The van der Waals surface area contributed by atoms with Crippen molar-refractivity contribution in [1.29, 1.82) is 0 Å². The lowest BCUT2D eigenvalue weighted by molar-refractivity contribution is 0.513. The number of hydrogen-bond acceptors (Lipinski definition) is 0. The molecule has 19 heavy (non-hydrogen) atoms. The highest BCUT2D eigenvalue weighted by Crippen LogP contribution is 2.37. The standard InChI is InChI=1S/C19H26/c1-14(2)18-10-11-19(16(4)12-18)13-15(3)17-8-6-5-7-9-17/h5-8,17-18H,1,3,9-13H2,2,4H3. The van der Waals surface area contributed by atoms with Crippen molar-refractivity contribution in [3.05, 3.63) is 59.8 Å². The summed E-state index contributed by atoms with van der Waals surface area (Å²) in [7, 11) is 0. The van der Waals surface area contributed by atoms with Crippen molar-refractivity contribution in [1.82, 2.24) is 0 Å². The molecule has 0 amide bonds. The van der Waals surface area contributed by atoms with Gasteiger partial charge in [0.2, 0.25) is 0 Å². The molecule has 0 spiro atoms. The highest BCUT2D eigenvalue weighted by Gasteiger charge is 2.20. The number of hydrogen-bond donors (Lipinski definition) is 0. The van der Waals surface area contributed by atoms with E-state index < -0.39 is 0 Å². The Morgan fingerprint density at radius 2 is 2.11 bits per heavy atom. The van der Waals surface area contributed by atoms with E-state index in [0.29, 0.717) is 11.8 Å². The summed E-state index contributed by atoms with van der Waals surface area (Å²) in [6, 6.07) is 0. The fourth-order valence-electron chi connectivity index (χ4n) is 3.13. The molecule has 0 fully saturated rings. The molecule has 0 nitrogen and oxygen atoms in total. The zero-order valence-corrected chi connectivity index (χ0v) is 12.4. The molecule has 2 unspecified atom stereocenters. The van der Waals surface area contributed by atoms with Crippen LogP contribution in [0.2, 0.25) is 0 Å². The zero-order chi connectivity index (χ0) is 13.8. The fraction of sp³-hybridized carbons (Fsp3) is 0.474. The van der Waals surface area contributed by atoms with E-state index in [1.54, 1.807) is 11.1 Å². The minimum Gasteiger partial charge on any atom is -0.0998 e. The average molecular weight is 254 g/mol. The second-order valence-corrected chi connectivity index (χ2v) is 6.16. The zero-order valence-electron chi connectivity index (χ0n) is 12.4. The first kappa shape index (κ1) is 14.1. The van der Waals surface area contributed by atoms with E-state index in [1.165, 1.54) is 30.4 Å². The second-order valence-electron chi connectivity index (χ2n) is 6.16. The van der Waals surface area contributed by atoms with Gasteiger partial charge in [0.1, 0.15) is 0 Å². The van der Waals surface area contributed by atoms with Crippen LogP contribution in [0.1, 0.15) is 46.0 Å². The predicted octanol–water partition coefficient (Wildman–Crippen LogP) is 5.76. The second kappa shape index (κ2) is 6.23. The van der Waals surface area contributed by atoms with Gasteiger partial charge in [-0.2, -0.15) is 0 Å². The van der Waals surface area contributed by atoms with E-state index >= 15 is 0 Å². The molecule has 0 N–H and O–H groups in total. The summed E-state index contributed by atoms with van der Waals surface area (Å²) in [5.74, 6) is 1.25. The number of allylic oxidation sites excluding steroid dienone is 8. The Morgan fingerprint density at radius 3 is 2.68 bits per heavy atom. The van der Waals surface area contributed by atoms with Gasteiger partial charge in [-0.05, 0) is 51.9 Å². The Kier molecular flexibility index (Phi) is 4.63. The van der Waals surface area contributed by atoms with Crippen LogP contribution < -0.4 is 0 Å². The van der Waals surface area contributed by atoms with E-state index in [1.807, 2.05) is 0 Å². The van der Waals surface area contributed by atoms with Crippen LogP contribution >= 0.6 is 0 Å². The summed E-state index contributed by atoms with van der Waals surface area (Å²) in [5.41, 5.74) is 5.93. The van der Waals surface area contributed by atoms with Gasteiger partial charge in [0.05, 0.1) is 0 Å². The molecule has 2 aliphatic carbocycles. The summed E-state index contributed by atoms with van der Waals surface area (Å²) in [5, 5.41) is 0. The van der Waals surface area contributed by atoms with E-state index in [9.17, 15) is 0 Å². The third-order valence-electron chi connectivity index (χ3n) is 4.59. The molecular weight excluding hydrogens is 228 g/mol. The molecule has 0 radical (unpaired) electrons. The summed E-state index contributed by atoms with van der Waals surface area (Å²) < 4.78 is 0. The lowest BCUT2D eigenvalue weighted by Crippen LogP contribution is -2.12. The Hall–Kier alpha value is -1.30. The van der Waals surface area contributed by atoms with Crippen LogP contribution in [-0.2, 0) is 0 Å². The highest BCUT2D eigenvalue weighted by atomic mass is 14.3. The van der Waals surface area contributed by atoms with Crippen molar-refractivity contribution in [2.24, 2.45) is 11.8 Å². The van der Waals surface area contributed by atoms with Crippen LogP contribution in [0.5, 0.6) is 0 Å². The largest absolute Gasteiger partial charge is 0.0998 e. The van der Waals surface area contributed by atoms with Crippen LogP contribution in [0.25, 0.3) is 0 Å². The van der Waals surface area contributed by atoms with Gasteiger partial charge in [-0.3, -0.25) is 0 Å². The average Bonchev–Trinajstić information content (AvgIpc) is 2.41. The van der Waals surface area contributed by atoms with Crippen molar-refractivity contribution in [2.75, 3.05) is 0 Å². The molecule has 0 aromatic carbocycles. The van der Waals surface area contributed by atoms with E-state index in [2.05, 4.69) is 51.3 Å². The highest BCUT2D eigenvalue weighted by molar-refractivity contribution is 5.28. The summed E-state index contributed by atoms with van der Waals surface area (Å²) in [6.07, 6.45) is 14.7. The molecule has 2 atom stereocenters. The maximum absolute atomic E-state index is 4.32. The minimum atomic E-state index is 0.546. The van der Waals surface area contributed by atoms with E-state index in [4.69, 9.17) is 0 Å². The maximum atomic E-state index is 4.32. The van der Waals surface area contributed by atoms with E-state index in [0.717, 1.165) is 12.8 Å². The minimum absolute atomic E-state index is 0.546. The van der Waals surface area contributed by atoms with Crippen molar-refractivity contribution in [2.45, 2.75) is 46.0 Å². The van der Waals surface area contributed by atoms with Gasteiger partial charge >= 0.3 is 0 Å². The lowest BCUT2D eigenvalue weighted by Gasteiger charge is -2.27. The molecule has 0 aliphatic heterocycles. The third-order valence-corrected chi connectivity index (χ3v) is 4.59. The molecule has 2 aliphatic rings. The summed E-state index contributed by atoms with van der Waals surface area (Å²) in [6.45, 7) is 12.9. The van der Waals surface area contributed by atoms with Gasteiger partial charge < -0.3 is 0 Å². The smallest absolute Gasteiger partial charge is 0.00150 e. The summed E-state index contributed by atoms with van der Waals surface area (Å²) >= 11 is 0. The summed E-state index contributed by atoms with van der Waals surface area (Å²) in [4.78, 5) is 0. The van der Waals surface area contributed by atoms with Gasteiger partial charge in [-0.1, -0.05) is 59.8 Å². The normalized spacial score (nSPS) is 26.6. The van der Waals surface area contributed by atoms with Gasteiger partial charge in [0.25, 0.3) is 0 Å². The van der Waals surface area contributed by atoms with Crippen LogP contribution in [0, 0.1) is 11.8 Å². The van der Waals surface area contributed by atoms with Crippen molar-refractivity contribution < 1.29 is 0 Å². The Labute approximate surface area is 118 Å². The molecule has 2 rings (SSSR count). The van der Waals surface area contributed by atoms with Crippen molar-refractivity contribution in [3.63, 3.8) is 0 Å². The Bertz CT molecular complexity index is 456. The van der Waals surface area contributed by atoms with Gasteiger partial charge in [0, 0.05) is 5.92 Å². The van der Waals surface area contributed by atoms with Gasteiger partial charge in [-0.25, -0.2) is 0 Å². The lowest BCUT2D eigenvalue weighted by atomic mass is 9.78. The fourth-order valence-corrected chi connectivity index (χ4v) is 3.13. The first-order valence-electron chi connectivity index (χ1n) is 7.41. The van der Waals surface area contributed by atoms with Crippen molar-refractivity contribution in [3.8, 4) is 0 Å². The first-order chi connectivity index (χ1) is 9.08. The quantitative estimate of drug-likeness (QED) is 0.560. The molecule has 0 heteroatoms. The van der Waals surface area contributed by atoms with Gasteiger partial charge in [-0.15, -0.1) is 0 Å². The third kappa shape index (κ3) is 3.59. The molecule has 102 valence electrons. The molecule has 0 saturated heterocycles. The first-order valence-corrected chi connectivity index (χ1v) is 7.41. The van der Waals surface area contributed by atoms with Crippen LogP contribution in [0.15, 0.2) is 59.8 Å². The topological polar surface area (TPSA) is 0 Å². The molecule has 0 bridgehead atoms. The van der Waals surface area contributed by atoms with Crippen LogP contribution in [0.3, 0.4) is 0 Å².